The van der Waals surface area contributed by atoms with Crippen LogP contribution in [0.25, 0.3) is 11.4 Å². The van der Waals surface area contributed by atoms with E-state index in [4.69, 9.17) is 23.2 Å². The third-order valence-corrected chi connectivity index (χ3v) is 5.65. The van der Waals surface area contributed by atoms with E-state index >= 15 is 0 Å². The molecule has 0 N–H and O–H groups in total. The van der Waals surface area contributed by atoms with E-state index in [9.17, 15) is 0 Å². The minimum Gasteiger partial charge on any atom is -0.194 e. The lowest BCUT2D eigenvalue weighted by molar-refractivity contribution is 0.703. The minimum absolute atomic E-state index is 0.198. The van der Waals surface area contributed by atoms with Gasteiger partial charge in [0.2, 0.25) is 16.0 Å². The zero-order chi connectivity index (χ0) is 20.8. The number of hydrogen-bond donors (Lipinski definition) is 0. The van der Waals surface area contributed by atoms with Crippen LogP contribution >= 0.6 is 23.2 Å². The summed E-state index contributed by atoms with van der Waals surface area (Å²) in [6.07, 6.45) is 0. The Morgan fingerprint density at radius 2 is 1.07 bits per heavy atom. The first-order valence-electron chi connectivity index (χ1n) is 8.90. The molecule has 0 atom stereocenters. The molecule has 0 amide bonds. The van der Waals surface area contributed by atoms with Crippen molar-refractivity contribution in [2.75, 3.05) is 0 Å². The van der Waals surface area contributed by atoms with Crippen LogP contribution < -0.4 is 0 Å². The van der Waals surface area contributed by atoms with Gasteiger partial charge < -0.3 is 0 Å². The molecule has 0 bridgehead atoms. The fourth-order valence-electron chi connectivity index (χ4n) is 2.93. The van der Waals surface area contributed by atoms with E-state index in [0.29, 0.717) is 0 Å². The molecule has 0 unspecified atom stereocenters. The summed E-state index contributed by atoms with van der Waals surface area (Å²) in [7, 11) is 0. The van der Waals surface area contributed by atoms with Gasteiger partial charge in [0.25, 0.3) is 0 Å². The Bertz CT molecular complexity index is 1100. The summed E-state index contributed by atoms with van der Waals surface area (Å²) in [4.78, 5) is 0. The van der Waals surface area contributed by atoms with Crippen LogP contribution in [0.4, 0.5) is 0 Å². The quantitative estimate of drug-likeness (QED) is 0.461. The van der Waals surface area contributed by atoms with Crippen LogP contribution in [-0.2, 0) is 4.33 Å². The van der Waals surface area contributed by atoms with E-state index in [2.05, 4.69) is 31.1 Å². The lowest BCUT2D eigenvalue weighted by atomic mass is 10.1. The monoisotopic (exact) mass is 428 g/mol. The molecule has 10 heteroatoms. The second-order valence-electron chi connectivity index (χ2n) is 6.94. The average molecular weight is 429 g/mol. The molecular weight excluding hydrogens is 411 g/mol. The van der Waals surface area contributed by atoms with Crippen LogP contribution in [0.1, 0.15) is 33.9 Å². The van der Waals surface area contributed by atoms with Gasteiger partial charge in [-0.1, -0.05) is 35.3 Å². The largest absolute Gasteiger partial charge is 0.240 e. The van der Waals surface area contributed by atoms with Crippen LogP contribution in [0, 0.1) is 27.7 Å². The van der Waals surface area contributed by atoms with Crippen molar-refractivity contribution in [1.29, 1.82) is 0 Å². The molecule has 148 valence electrons. The van der Waals surface area contributed by atoms with E-state index in [0.717, 1.165) is 33.6 Å². The summed E-state index contributed by atoms with van der Waals surface area (Å²) >= 11 is 13.5. The predicted octanol–water partition coefficient (Wildman–Crippen LogP) is 3.55. The molecule has 0 aliphatic carbocycles. The first kappa shape index (κ1) is 19.5. The number of tetrazole rings is 2. The zero-order valence-electron chi connectivity index (χ0n) is 16.3. The second-order valence-corrected chi connectivity index (χ2v) is 8.27. The molecule has 0 spiro atoms. The lowest BCUT2D eigenvalue weighted by Gasteiger charge is -2.18. The van der Waals surface area contributed by atoms with E-state index in [1.807, 2.05) is 64.1 Å². The number of nitrogens with zero attached hydrogens (tertiary/aromatic N) is 8. The molecule has 2 heterocycles. The van der Waals surface area contributed by atoms with E-state index in [-0.39, 0.29) is 11.6 Å². The highest BCUT2D eigenvalue weighted by atomic mass is 35.5. The molecule has 0 saturated carbocycles. The maximum Gasteiger partial charge on any atom is 0.240 e. The average Bonchev–Trinajstić information content (AvgIpc) is 3.36. The molecule has 0 saturated heterocycles. The third-order valence-electron chi connectivity index (χ3n) is 4.97. The van der Waals surface area contributed by atoms with Gasteiger partial charge in [-0.15, -0.1) is 10.2 Å². The summed E-state index contributed by atoms with van der Waals surface area (Å²) in [6, 6.07) is 11.7. The van der Waals surface area contributed by atoms with E-state index in [1.54, 1.807) is 0 Å². The number of rotatable bonds is 4. The van der Waals surface area contributed by atoms with Crippen molar-refractivity contribution in [3.63, 3.8) is 0 Å². The second kappa shape index (κ2) is 7.20. The van der Waals surface area contributed by atoms with Gasteiger partial charge >= 0.3 is 0 Å². The SMILES string of the molecule is Cc1ccc(-n2nnnc2C(Cl)(Cl)c2nnnn2-c2ccc(C)c(C)c2)cc1C. The fourth-order valence-corrected chi connectivity index (χ4v) is 3.40. The van der Waals surface area contributed by atoms with Crippen LogP contribution in [0.2, 0.25) is 0 Å². The summed E-state index contributed by atoms with van der Waals surface area (Å²) < 4.78 is 1.29. The standard InChI is InChI=1S/C19H18Cl2N8/c1-11-5-7-15(9-13(11)3)28-17(22-24-26-28)19(20,21)18-23-25-27-29(18)16-8-6-12(2)14(4)10-16/h5-10H,1-4H3. The molecule has 2 aromatic carbocycles. The van der Waals surface area contributed by atoms with Gasteiger partial charge in [0, 0.05) is 0 Å². The van der Waals surface area contributed by atoms with Gasteiger partial charge in [0.1, 0.15) is 0 Å². The van der Waals surface area contributed by atoms with Crippen LogP contribution in [0.5, 0.6) is 0 Å². The Morgan fingerprint density at radius 3 is 1.45 bits per heavy atom. The van der Waals surface area contributed by atoms with Gasteiger partial charge in [-0.2, -0.15) is 9.36 Å². The first-order chi connectivity index (χ1) is 13.8. The van der Waals surface area contributed by atoms with Crippen LogP contribution in [0.3, 0.4) is 0 Å². The van der Waals surface area contributed by atoms with Crippen molar-refractivity contribution in [1.82, 2.24) is 40.4 Å². The van der Waals surface area contributed by atoms with Crippen LogP contribution in [-0.4, -0.2) is 40.4 Å². The number of alkyl halides is 2. The van der Waals surface area contributed by atoms with Gasteiger partial charge in [-0.25, -0.2) is 0 Å². The molecule has 8 nitrogen and oxygen atoms in total. The summed E-state index contributed by atoms with van der Waals surface area (Å²) in [6.45, 7) is 8.09. The van der Waals surface area contributed by atoms with Crippen molar-refractivity contribution < 1.29 is 0 Å². The highest BCUT2D eigenvalue weighted by Crippen LogP contribution is 2.39. The van der Waals surface area contributed by atoms with Gasteiger partial charge in [-0.3, -0.25) is 0 Å². The number of aromatic nitrogens is 8. The van der Waals surface area contributed by atoms with Gasteiger partial charge in [0.05, 0.1) is 11.4 Å². The Labute approximate surface area is 177 Å². The highest BCUT2D eigenvalue weighted by molar-refractivity contribution is 6.49. The van der Waals surface area contributed by atoms with Crippen molar-refractivity contribution >= 4 is 23.2 Å². The van der Waals surface area contributed by atoms with Gasteiger partial charge in [0.15, 0.2) is 0 Å². The molecule has 4 aromatic rings. The molecule has 0 aliphatic rings. The number of aryl methyl sites for hydroxylation is 4. The van der Waals surface area contributed by atoms with Crippen molar-refractivity contribution in [3.05, 3.63) is 70.3 Å². The Hall–Kier alpha value is -2.84. The maximum absolute atomic E-state index is 6.76. The number of benzene rings is 2. The topological polar surface area (TPSA) is 87.2 Å². The molecule has 2 aromatic heterocycles. The minimum atomic E-state index is -1.69. The molecule has 4 rings (SSSR count). The summed E-state index contributed by atoms with van der Waals surface area (Å²) in [5, 5.41) is 23.8. The van der Waals surface area contributed by atoms with Crippen LogP contribution in [0.15, 0.2) is 36.4 Å². The smallest absolute Gasteiger partial charge is 0.194 e. The molecular formula is C19H18Cl2N8. The predicted molar refractivity (Wildman–Crippen MR) is 110 cm³/mol. The van der Waals surface area contributed by atoms with Gasteiger partial charge in [-0.05, 0) is 95.1 Å². The Morgan fingerprint density at radius 1 is 0.655 bits per heavy atom. The van der Waals surface area contributed by atoms with Crippen molar-refractivity contribution in [3.8, 4) is 11.4 Å². The highest BCUT2D eigenvalue weighted by Gasteiger charge is 2.41. The number of halogens is 2. The molecule has 0 radical (unpaired) electrons. The summed E-state index contributed by atoms with van der Waals surface area (Å²) in [5.41, 5.74) is 5.99. The third kappa shape index (κ3) is 3.38. The fraction of sp³-hybridized carbons (Fsp3) is 0.263. The first-order valence-corrected chi connectivity index (χ1v) is 9.65. The summed E-state index contributed by atoms with van der Waals surface area (Å²) in [5.74, 6) is 0.396. The zero-order valence-corrected chi connectivity index (χ0v) is 17.8. The molecule has 0 aliphatic heterocycles. The maximum atomic E-state index is 6.76. The van der Waals surface area contributed by atoms with E-state index in [1.165, 1.54) is 9.36 Å². The Balaban J connectivity index is 1.82. The number of hydrogen-bond acceptors (Lipinski definition) is 6. The lowest BCUT2D eigenvalue weighted by Crippen LogP contribution is -2.24. The molecule has 0 fully saturated rings. The van der Waals surface area contributed by atoms with E-state index < -0.39 is 4.33 Å². The normalized spacial score (nSPS) is 11.8. The van der Waals surface area contributed by atoms with Crippen molar-refractivity contribution in [2.24, 2.45) is 0 Å². The van der Waals surface area contributed by atoms with Crippen molar-refractivity contribution in [2.45, 2.75) is 32.0 Å². The Kier molecular flexibility index (Phi) is 4.84. The molecule has 29 heavy (non-hydrogen) atoms.